The lowest BCUT2D eigenvalue weighted by molar-refractivity contribution is -0.119. The predicted molar refractivity (Wildman–Crippen MR) is 69.4 cm³/mol. The second kappa shape index (κ2) is 5.36. The number of rotatable bonds is 3. The first kappa shape index (κ1) is 15.1. The lowest BCUT2D eigenvalue weighted by atomic mass is 9.87. The van der Waals surface area contributed by atoms with Crippen molar-refractivity contribution >= 4 is 17.6 Å². The highest BCUT2D eigenvalue weighted by Crippen LogP contribution is 2.23. The molecule has 1 amide bonds. The number of hydrogen-bond donors (Lipinski definition) is 3. The quantitative estimate of drug-likeness (QED) is 0.779. The fourth-order valence-corrected chi connectivity index (χ4v) is 1.42. The first-order valence-electron chi connectivity index (χ1n) is 5.73. The van der Waals surface area contributed by atoms with Gasteiger partial charge in [0.25, 0.3) is 0 Å². The molecule has 4 N–H and O–H groups in total. The van der Waals surface area contributed by atoms with Crippen LogP contribution in [0.25, 0.3) is 0 Å². The zero-order valence-corrected chi connectivity index (χ0v) is 11.0. The number of carboxylic acid groups (broad SMARTS) is 1. The van der Waals surface area contributed by atoms with Crippen molar-refractivity contribution in [2.45, 2.75) is 26.8 Å². The summed E-state index contributed by atoms with van der Waals surface area (Å²) in [5.74, 6) is -2.76. The van der Waals surface area contributed by atoms with Crippen molar-refractivity contribution in [3.63, 3.8) is 0 Å². The molecule has 6 heteroatoms. The van der Waals surface area contributed by atoms with Crippen molar-refractivity contribution in [1.82, 2.24) is 0 Å². The Morgan fingerprint density at radius 1 is 1.37 bits per heavy atom. The molecular weight excluding hydrogens is 251 g/mol. The summed E-state index contributed by atoms with van der Waals surface area (Å²) in [6, 6.07) is 2.67. The van der Waals surface area contributed by atoms with Crippen LogP contribution < -0.4 is 11.1 Å². The van der Waals surface area contributed by atoms with Crippen LogP contribution in [0.15, 0.2) is 18.2 Å². The van der Waals surface area contributed by atoms with E-state index < -0.39 is 29.2 Å². The third kappa shape index (κ3) is 3.51. The number of aromatic carboxylic acids is 1. The number of halogens is 1. The number of carboxylic acids is 1. The van der Waals surface area contributed by atoms with Gasteiger partial charge in [-0.1, -0.05) is 26.8 Å². The van der Waals surface area contributed by atoms with Gasteiger partial charge in [0, 0.05) is 0 Å². The van der Waals surface area contributed by atoms with E-state index >= 15 is 0 Å². The van der Waals surface area contributed by atoms with E-state index in [9.17, 15) is 14.0 Å². The standard InChI is InChI=1S/C13H17FN2O3/c1-13(2,3)10(15)11(17)16-9-7(12(18)19)5-4-6-8(9)14/h4-6,10H,15H2,1-3H3,(H,16,17)(H,18,19)/t10-/m1/s1. The van der Waals surface area contributed by atoms with Crippen molar-refractivity contribution in [3.05, 3.63) is 29.6 Å². The second-order valence-corrected chi connectivity index (χ2v) is 5.30. The molecule has 0 aliphatic carbocycles. The molecule has 1 aromatic rings. The van der Waals surface area contributed by atoms with Crippen LogP contribution in [0.4, 0.5) is 10.1 Å². The molecule has 0 aliphatic rings. The molecule has 1 atom stereocenters. The lowest BCUT2D eigenvalue weighted by Crippen LogP contribution is -2.45. The monoisotopic (exact) mass is 268 g/mol. The Balaban J connectivity index is 3.07. The van der Waals surface area contributed by atoms with Gasteiger partial charge in [0.2, 0.25) is 5.91 Å². The van der Waals surface area contributed by atoms with Crippen molar-refractivity contribution in [3.8, 4) is 0 Å². The molecule has 0 spiro atoms. The summed E-state index contributed by atoms with van der Waals surface area (Å²) in [4.78, 5) is 22.9. The number of nitrogens with one attached hydrogen (secondary N) is 1. The molecule has 104 valence electrons. The van der Waals surface area contributed by atoms with E-state index in [-0.39, 0.29) is 11.3 Å². The summed E-state index contributed by atoms with van der Waals surface area (Å²) >= 11 is 0. The summed E-state index contributed by atoms with van der Waals surface area (Å²) < 4.78 is 13.6. The molecule has 1 rings (SSSR count). The van der Waals surface area contributed by atoms with Crippen LogP contribution in [0, 0.1) is 11.2 Å². The van der Waals surface area contributed by atoms with Crippen LogP contribution in [0.5, 0.6) is 0 Å². The SMILES string of the molecule is CC(C)(C)[C@H](N)C(=O)Nc1c(F)cccc1C(=O)O. The normalized spacial score (nSPS) is 12.9. The summed E-state index contributed by atoms with van der Waals surface area (Å²) in [7, 11) is 0. The molecule has 0 aliphatic heterocycles. The maximum Gasteiger partial charge on any atom is 0.337 e. The van der Waals surface area contributed by atoms with Crippen LogP contribution in [0.2, 0.25) is 0 Å². The smallest absolute Gasteiger partial charge is 0.337 e. The highest BCUT2D eigenvalue weighted by Gasteiger charge is 2.29. The molecule has 0 heterocycles. The Morgan fingerprint density at radius 2 is 1.95 bits per heavy atom. The van der Waals surface area contributed by atoms with Gasteiger partial charge >= 0.3 is 5.97 Å². The Morgan fingerprint density at radius 3 is 2.42 bits per heavy atom. The zero-order chi connectivity index (χ0) is 14.8. The topological polar surface area (TPSA) is 92.4 Å². The van der Waals surface area contributed by atoms with Gasteiger partial charge in [-0.25, -0.2) is 9.18 Å². The number of carbonyl (C=O) groups excluding carboxylic acids is 1. The van der Waals surface area contributed by atoms with E-state index in [2.05, 4.69) is 5.32 Å². The number of hydrogen-bond acceptors (Lipinski definition) is 3. The molecule has 0 aromatic heterocycles. The van der Waals surface area contributed by atoms with Crippen molar-refractivity contribution in [2.24, 2.45) is 11.1 Å². The van der Waals surface area contributed by atoms with E-state index in [0.29, 0.717) is 0 Å². The number of carbonyl (C=O) groups is 2. The van der Waals surface area contributed by atoms with Gasteiger partial charge in [-0.05, 0) is 17.5 Å². The fraction of sp³-hybridized carbons (Fsp3) is 0.385. The van der Waals surface area contributed by atoms with E-state index in [0.717, 1.165) is 6.07 Å². The Kier molecular flexibility index (Phi) is 4.26. The fourth-order valence-electron chi connectivity index (χ4n) is 1.42. The van der Waals surface area contributed by atoms with Crippen molar-refractivity contribution in [1.29, 1.82) is 0 Å². The third-order valence-corrected chi connectivity index (χ3v) is 2.71. The minimum Gasteiger partial charge on any atom is -0.478 e. The average molecular weight is 268 g/mol. The van der Waals surface area contributed by atoms with Crippen molar-refractivity contribution < 1.29 is 19.1 Å². The predicted octanol–water partition coefficient (Wildman–Crippen LogP) is 1.84. The van der Waals surface area contributed by atoms with Gasteiger partial charge in [-0.2, -0.15) is 0 Å². The van der Waals surface area contributed by atoms with Crippen LogP contribution in [-0.2, 0) is 4.79 Å². The lowest BCUT2D eigenvalue weighted by Gasteiger charge is -2.26. The first-order chi connectivity index (χ1) is 8.64. The van der Waals surface area contributed by atoms with Crippen LogP contribution in [0.3, 0.4) is 0 Å². The van der Waals surface area contributed by atoms with E-state index in [1.807, 2.05) is 0 Å². The maximum atomic E-state index is 13.6. The van der Waals surface area contributed by atoms with Gasteiger partial charge in [-0.3, -0.25) is 4.79 Å². The second-order valence-electron chi connectivity index (χ2n) is 5.30. The van der Waals surface area contributed by atoms with E-state index in [4.69, 9.17) is 10.8 Å². The Hall–Kier alpha value is -1.95. The number of benzene rings is 1. The zero-order valence-electron chi connectivity index (χ0n) is 11.0. The molecule has 0 saturated carbocycles. The molecule has 1 aromatic carbocycles. The van der Waals surface area contributed by atoms with Crippen molar-refractivity contribution in [2.75, 3.05) is 5.32 Å². The summed E-state index contributed by atoms with van der Waals surface area (Å²) in [6.07, 6.45) is 0. The van der Waals surface area contributed by atoms with Gasteiger partial charge in [0.1, 0.15) is 5.82 Å². The molecule has 0 saturated heterocycles. The highest BCUT2D eigenvalue weighted by atomic mass is 19.1. The van der Waals surface area contributed by atoms with Gasteiger partial charge < -0.3 is 16.2 Å². The first-order valence-corrected chi connectivity index (χ1v) is 5.73. The number of para-hydroxylation sites is 1. The van der Waals surface area contributed by atoms with Crippen LogP contribution in [-0.4, -0.2) is 23.0 Å². The highest BCUT2D eigenvalue weighted by molar-refractivity contribution is 6.02. The largest absolute Gasteiger partial charge is 0.478 e. The number of amides is 1. The summed E-state index contributed by atoms with van der Waals surface area (Å²) in [5.41, 5.74) is 4.55. The molecule has 0 unspecified atom stereocenters. The van der Waals surface area contributed by atoms with Crippen LogP contribution >= 0.6 is 0 Å². The van der Waals surface area contributed by atoms with E-state index in [1.165, 1.54) is 12.1 Å². The third-order valence-electron chi connectivity index (χ3n) is 2.71. The summed E-state index contributed by atoms with van der Waals surface area (Å²) in [5, 5.41) is 11.2. The average Bonchev–Trinajstić information content (AvgIpc) is 2.29. The number of anilines is 1. The van der Waals surface area contributed by atoms with Gasteiger partial charge in [-0.15, -0.1) is 0 Å². The maximum absolute atomic E-state index is 13.6. The molecular formula is C13H17FN2O3. The Bertz CT molecular complexity index is 509. The minimum atomic E-state index is -1.32. The minimum absolute atomic E-state index is 0.311. The Labute approximate surface area is 110 Å². The molecule has 0 bridgehead atoms. The molecule has 19 heavy (non-hydrogen) atoms. The molecule has 5 nitrogen and oxygen atoms in total. The molecule has 0 fully saturated rings. The van der Waals surface area contributed by atoms with Gasteiger partial charge in [0.05, 0.1) is 17.3 Å². The molecule has 0 radical (unpaired) electrons. The van der Waals surface area contributed by atoms with Gasteiger partial charge in [0.15, 0.2) is 0 Å². The number of nitrogens with two attached hydrogens (primary N) is 1. The van der Waals surface area contributed by atoms with Crippen LogP contribution in [0.1, 0.15) is 31.1 Å². The van der Waals surface area contributed by atoms with E-state index in [1.54, 1.807) is 20.8 Å². The summed E-state index contributed by atoms with van der Waals surface area (Å²) in [6.45, 7) is 5.28.